The molecule has 0 spiro atoms. The maximum Gasteiger partial charge on any atom is 0.303 e. The van der Waals surface area contributed by atoms with Crippen LogP contribution in [0.15, 0.2) is 53.4 Å². The molecule has 142 valence electrons. The van der Waals surface area contributed by atoms with E-state index < -0.39 is 21.1 Å². The minimum absolute atomic E-state index is 0.0716. The Balaban J connectivity index is 2.05. The summed E-state index contributed by atoms with van der Waals surface area (Å²) in [7, 11) is -0.642. The highest BCUT2D eigenvalue weighted by atomic mass is 32.2. The van der Waals surface area contributed by atoms with Crippen LogP contribution in [0.3, 0.4) is 0 Å². The fourth-order valence-electron chi connectivity index (χ4n) is 3.18. The monoisotopic (exact) mass is 388 g/mol. The molecule has 2 aromatic rings. The second-order valence-electron chi connectivity index (χ2n) is 6.18. The lowest BCUT2D eigenvalue weighted by atomic mass is 10.0. The third kappa shape index (κ3) is 3.68. The number of aliphatic carboxylic acids is 1. The van der Waals surface area contributed by atoms with E-state index in [0.29, 0.717) is 22.6 Å². The molecule has 6 nitrogen and oxygen atoms in total. The molecule has 3 rings (SSSR count). The Kier molecular flexibility index (Phi) is 5.23. The van der Waals surface area contributed by atoms with Gasteiger partial charge < -0.3 is 14.6 Å². The van der Waals surface area contributed by atoms with Gasteiger partial charge in [0.1, 0.15) is 16.7 Å². The van der Waals surface area contributed by atoms with Gasteiger partial charge in [-0.1, -0.05) is 12.1 Å². The minimum atomic E-state index is -3.69. The first-order chi connectivity index (χ1) is 12.9. The number of carboxylic acid groups (broad SMARTS) is 1. The standard InChI is InChI=1S/C20H20O6S/c1-25-14-4-7-16(8-5-14)27(23,24)19-11-13(3-10-20(21)22)18-12-15(26-2)6-9-17(18)19/h4-9,11-12,19H,3,10H2,1-2H3,(H,21,22). The van der Waals surface area contributed by atoms with E-state index in [-0.39, 0.29) is 17.7 Å². The third-order valence-corrected chi connectivity index (χ3v) is 6.58. The van der Waals surface area contributed by atoms with Gasteiger partial charge in [-0.2, -0.15) is 0 Å². The number of allylic oxidation sites excluding steroid dienone is 1. The molecule has 2 aromatic carbocycles. The number of carboxylic acids is 1. The van der Waals surface area contributed by atoms with Crippen LogP contribution in [-0.4, -0.2) is 33.7 Å². The summed E-state index contributed by atoms with van der Waals surface area (Å²) in [5.41, 5.74) is 2.05. The van der Waals surface area contributed by atoms with E-state index in [1.54, 1.807) is 36.4 Å². The van der Waals surface area contributed by atoms with Gasteiger partial charge in [-0.15, -0.1) is 0 Å². The van der Waals surface area contributed by atoms with Gasteiger partial charge in [0, 0.05) is 6.42 Å². The molecule has 7 heteroatoms. The Bertz CT molecular complexity index is 990. The topological polar surface area (TPSA) is 89.9 Å². The molecule has 0 radical (unpaired) electrons. The van der Waals surface area contributed by atoms with Crippen molar-refractivity contribution in [2.24, 2.45) is 0 Å². The lowest BCUT2D eigenvalue weighted by Gasteiger charge is -2.14. The van der Waals surface area contributed by atoms with Crippen molar-refractivity contribution in [3.05, 3.63) is 59.7 Å². The zero-order valence-corrected chi connectivity index (χ0v) is 15.8. The van der Waals surface area contributed by atoms with Gasteiger partial charge in [0.05, 0.1) is 19.1 Å². The number of rotatable bonds is 7. The first-order valence-electron chi connectivity index (χ1n) is 8.35. The van der Waals surface area contributed by atoms with Crippen molar-refractivity contribution < 1.29 is 27.8 Å². The lowest BCUT2D eigenvalue weighted by molar-refractivity contribution is -0.136. The molecule has 0 amide bonds. The Morgan fingerprint density at radius 2 is 1.67 bits per heavy atom. The molecule has 1 unspecified atom stereocenters. The highest BCUT2D eigenvalue weighted by Crippen LogP contribution is 2.44. The molecule has 1 atom stereocenters. The van der Waals surface area contributed by atoms with Gasteiger partial charge in [-0.25, -0.2) is 8.42 Å². The van der Waals surface area contributed by atoms with E-state index in [9.17, 15) is 13.2 Å². The number of hydrogen-bond acceptors (Lipinski definition) is 5. The van der Waals surface area contributed by atoms with Crippen LogP contribution in [0.1, 0.15) is 29.2 Å². The molecule has 0 bridgehead atoms. The van der Waals surface area contributed by atoms with Crippen LogP contribution in [0.2, 0.25) is 0 Å². The molecule has 0 saturated carbocycles. The van der Waals surface area contributed by atoms with Crippen molar-refractivity contribution >= 4 is 21.4 Å². The Morgan fingerprint density at radius 1 is 1.04 bits per heavy atom. The van der Waals surface area contributed by atoms with Gasteiger partial charge in [0.25, 0.3) is 0 Å². The molecule has 0 saturated heterocycles. The summed E-state index contributed by atoms with van der Waals surface area (Å²) < 4.78 is 36.7. The van der Waals surface area contributed by atoms with E-state index in [1.807, 2.05) is 0 Å². The van der Waals surface area contributed by atoms with E-state index in [4.69, 9.17) is 14.6 Å². The van der Waals surface area contributed by atoms with Crippen molar-refractivity contribution in [2.45, 2.75) is 23.0 Å². The predicted octanol–water partition coefficient (Wildman–Crippen LogP) is 3.48. The van der Waals surface area contributed by atoms with Gasteiger partial charge in [0.15, 0.2) is 9.84 Å². The summed E-state index contributed by atoms with van der Waals surface area (Å²) in [4.78, 5) is 11.2. The average molecular weight is 388 g/mol. The van der Waals surface area contributed by atoms with Crippen LogP contribution >= 0.6 is 0 Å². The molecule has 27 heavy (non-hydrogen) atoms. The van der Waals surface area contributed by atoms with Crippen molar-refractivity contribution in [3.63, 3.8) is 0 Å². The summed E-state index contributed by atoms with van der Waals surface area (Å²) >= 11 is 0. The Morgan fingerprint density at radius 3 is 2.26 bits per heavy atom. The van der Waals surface area contributed by atoms with Crippen molar-refractivity contribution in [3.8, 4) is 11.5 Å². The van der Waals surface area contributed by atoms with Gasteiger partial charge in [-0.05, 0) is 59.5 Å². The molecular weight excluding hydrogens is 368 g/mol. The van der Waals surface area contributed by atoms with E-state index in [0.717, 1.165) is 5.56 Å². The number of benzene rings is 2. The van der Waals surface area contributed by atoms with Gasteiger partial charge in [0.2, 0.25) is 0 Å². The summed E-state index contributed by atoms with van der Waals surface area (Å²) in [6.07, 6.45) is 1.83. The second-order valence-corrected chi connectivity index (χ2v) is 8.25. The van der Waals surface area contributed by atoms with E-state index in [2.05, 4.69) is 0 Å². The van der Waals surface area contributed by atoms with E-state index in [1.165, 1.54) is 26.4 Å². The number of methoxy groups -OCH3 is 2. The largest absolute Gasteiger partial charge is 0.497 e. The molecule has 0 aliphatic heterocycles. The van der Waals surface area contributed by atoms with Crippen molar-refractivity contribution in [2.75, 3.05) is 14.2 Å². The molecule has 1 aliphatic carbocycles. The molecular formula is C20H20O6S. The highest BCUT2D eigenvalue weighted by molar-refractivity contribution is 7.91. The van der Waals surface area contributed by atoms with Crippen LogP contribution in [-0.2, 0) is 14.6 Å². The first kappa shape index (κ1) is 19.0. The Hall–Kier alpha value is -2.80. The van der Waals surface area contributed by atoms with E-state index >= 15 is 0 Å². The summed E-state index contributed by atoms with van der Waals surface area (Å²) in [6, 6.07) is 11.4. The number of carbonyl (C=O) groups is 1. The minimum Gasteiger partial charge on any atom is -0.497 e. The lowest BCUT2D eigenvalue weighted by Crippen LogP contribution is -2.10. The molecule has 0 aromatic heterocycles. The van der Waals surface area contributed by atoms with Crippen LogP contribution in [0.4, 0.5) is 0 Å². The van der Waals surface area contributed by atoms with Gasteiger partial charge >= 0.3 is 5.97 Å². The van der Waals surface area contributed by atoms with Crippen molar-refractivity contribution in [1.29, 1.82) is 0 Å². The SMILES string of the molecule is COc1ccc(S(=O)(=O)C2C=C(CCC(=O)O)c3cc(OC)ccc32)cc1. The van der Waals surface area contributed by atoms with Crippen molar-refractivity contribution in [1.82, 2.24) is 0 Å². The van der Waals surface area contributed by atoms with Crippen LogP contribution < -0.4 is 9.47 Å². The van der Waals surface area contributed by atoms with Gasteiger partial charge in [-0.3, -0.25) is 4.79 Å². The number of hydrogen-bond donors (Lipinski definition) is 1. The summed E-state index contributed by atoms with van der Waals surface area (Å²) in [6.45, 7) is 0. The zero-order chi connectivity index (χ0) is 19.6. The fourth-order valence-corrected chi connectivity index (χ4v) is 4.87. The first-order valence-corrected chi connectivity index (χ1v) is 9.90. The van der Waals surface area contributed by atoms with Crippen LogP contribution in [0.5, 0.6) is 11.5 Å². The second kappa shape index (κ2) is 7.44. The molecule has 1 N–H and O–H groups in total. The third-order valence-electron chi connectivity index (χ3n) is 4.60. The maximum absolute atomic E-state index is 13.2. The van der Waals surface area contributed by atoms with Crippen LogP contribution in [0.25, 0.3) is 5.57 Å². The molecule has 0 heterocycles. The number of fused-ring (bicyclic) bond motifs is 1. The molecule has 1 aliphatic rings. The zero-order valence-electron chi connectivity index (χ0n) is 15.0. The highest BCUT2D eigenvalue weighted by Gasteiger charge is 2.34. The fraction of sp³-hybridized carbons (Fsp3) is 0.250. The summed E-state index contributed by atoms with van der Waals surface area (Å²) in [5, 5.41) is 8.13. The molecule has 0 fully saturated rings. The number of ether oxygens (including phenoxy) is 2. The smallest absolute Gasteiger partial charge is 0.303 e. The predicted molar refractivity (Wildman–Crippen MR) is 101 cm³/mol. The number of sulfone groups is 1. The maximum atomic E-state index is 13.2. The van der Waals surface area contributed by atoms with Crippen LogP contribution in [0, 0.1) is 0 Å². The summed E-state index contributed by atoms with van der Waals surface area (Å²) in [5.74, 6) is 0.238. The average Bonchev–Trinajstić information content (AvgIpc) is 3.05. The Labute approximate surface area is 158 Å². The quantitative estimate of drug-likeness (QED) is 0.781. The normalized spacial score (nSPS) is 15.8.